The molecule has 0 spiro atoms. The van der Waals surface area contributed by atoms with Crippen molar-refractivity contribution in [1.82, 2.24) is 10.1 Å². The van der Waals surface area contributed by atoms with Crippen LogP contribution in [0.5, 0.6) is 11.5 Å². The molecule has 2 aromatic carbocycles. The molecule has 0 unspecified atom stereocenters. The highest BCUT2D eigenvalue weighted by Crippen LogP contribution is 2.34. The normalized spacial score (nSPS) is 10.8. The summed E-state index contributed by atoms with van der Waals surface area (Å²) in [5.41, 5.74) is 1.84. The highest BCUT2D eigenvalue weighted by atomic mass is 35.5. The standard InChI is InChI=1S/C22H23ClN2O4/c1-14(2)25(22(26)17-7-5-6-8-19(17)23)13-15-11-21(29-24-15)18-10-9-16(27-3)12-20(18)28-4/h5-12,14H,13H2,1-4H3. The second-order valence-corrected chi connectivity index (χ2v) is 7.16. The number of halogens is 1. The van der Waals surface area contributed by atoms with E-state index < -0.39 is 0 Å². The molecule has 6 nitrogen and oxygen atoms in total. The third-order valence-corrected chi connectivity index (χ3v) is 4.88. The molecule has 3 aromatic rings. The van der Waals surface area contributed by atoms with Gasteiger partial charge in [0.15, 0.2) is 5.76 Å². The SMILES string of the molecule is COc1ccc(-c2cc(CN(C(=O)c3ccccc3Cl)C(C)C)no2)c(OC)c1. The van der Waals surface area contributed by atoms with Crippen molar-refractivity contribution in [3.05, 3.63) is 64.8 Å². The Morgan fingerprint density at radius 3 is 2.55 bits per heavy atom. The van der Waals surface area contributed by atoms with Gasteiger partial charge >= 0.3 is 0 Å². The Hall–Kier alpha value is -2.99. The van der Waals surface area contributed by atoms with E-state index in [1.165, 1.54) is 0 Å². The van der Waals surface area contributed by atoms with Crippen molar-refractivity contribution >= 4 is 17.5 Å². The molecule has 1 amide bonds. The smallest absolute Gasteiger partial charge is 0.255 e. The molecule has 0 saturated carbocycles. The van der Waals surface area contributed by atoms with Crippen molar-refractivity contribution in [1.29, 1.82) is 0 Å². The number of aromatic nitrogens is 1. The van der Waals surface area contributed by atoms with E-state index in [2.05, 4.69) is 5.16 Å². The molecule has 0 N–H and O–H groups in total. The van der Waals surface area contributed by atoms with Crippen molar-refractivity contribution in [2.75, 3.05) is 14.2 Å². The fourth-order valence-electron chi connectivity index (χ4n) is 2.97. The molecular formula is C22H23ClN2O4. The fraction of sp³-hybridized carbons (Fsp3) is 0.273. The number of carbonyl (C=O) groups is 1. The van der Waals surface area contributed by atoms with Crippen LogP contribution in [-0.4, -0.2) is 36.2 Å². The number of hydrogen-bond acceptors (Lipinski definition) is 5. The van der Waals surface area contributed by atoms with Gasteiger partial charge in [0.1, 0.15) is 17.2 Å². The fourth-order valence-corrected chi connectivity index (χ4v) is 3.18. The summed E-state index contributed by atoms with van der Waals surface area (Å²) in [5.74, 6) is 1.69. The molecule has 7 heteroatoms. The summed E-state index contributed by atoms with van der Waals surface area (Å²) in [4.78, 5) is 14.7. The van der Waals surface area contributed by atoms with Gasteiger partial charge in [0.05, 0.1) is 36.9 Å². The lowest BCUT2D eigenvalue weighted by Crippen LogP contribution is -2.36. The number of hydrogen-bond donors (Lipinski definition) is 0. The van der Waals surface area contributed by atoms with Crippen LogP contribution in [0.3, 0.4) is 0 Å². The van der Waals surface area contributed by atoms with E-state index in [9.17, 15) is 4.79 Å². The van der Waals surface area contributed by atoms with Gasteiger partial charge in [-0.2, -0.15) is 0 Å². The first-order valence-electron chi connectivity index (χ1n) is 9.18. The number of rotatable bonds is 7. The van der Waals surface area contributed by atoms with Crippen molar-refractivity contribution in [3.63, 3.8) is 0 Å². The summed E-state index contributed by atoms with van der Waals surface area (Å²) in [6, 6.07) is 14.2. The van der Waals surface area contributed by atoms with Crippen LogP contribution >= 0.6 is 11.6 Å². The maximum atomic E-state index is 13.0. The Morgan fingerprint density at radius 2 is 1.90 bits per heavy atom. The molecule has 0 radical (unpaired) electrons. The van der Waals surface area contributed by atoms with Crippen molar-refractivity contribution in [2.45, 2.75) is 26.4 Å². The zero-order valence-corrected chi connectivity index (χ0v) is 17.6. The third-order valence-electron chi connectivity index (χ3n) is 4.55. The number of ether oxygens (including phenoxy) is 2. The van der Waals surface area contributed by atoms with E-state index in [1.807, 2.05) is 26.0 Å². The molecule has 0 aliphatic rings. The summed E-state index contributed by atoms with van der Waals surface area (Å²) in [5, 5.41) is 4.57. The molecule has 0 bridgehead atoms. The third kappa shape index (κ3) is 4.54. The van der Waals surface area contributed by atoms with Crippen LogP contribution in [0, 0.1) is 0 Å². The summed E-state index contributed by atoms with van der Waals surface area (Å²) < 4.78 is 16.2. The first-order valence-corrected chi connectivity index (χ1v) is 9.56. The highest BCUT2D eigenvalue weighted by molar-refractivity contribution is 6.33. The summed E-state index contributed by atoms with van der Waals surface area (Å²) in [6.07, 6.45) is 0. The lowest BCUT2D eigenvalue weighted by Gasteiger charge is -2.26. The largest absolute Gasteiger partial charge is 0.497 e. The average Bonchev–Trinajstić information content (AvgIpc) is 3.19. The summed E-state index contributed by atoms with van der Waals surface area (Å²) >= 11 is 6.21. The molecule has 152 valence electrons. The number of benzene rings is 2. The van der Waals surface area contributed by atoms with Crippen LogP contribution in [0.2, 0.25) is 5.02 Å². The van der Waals surface area contributed by atoms with E-state index in [-0.39, 0.29) is 11.9 Å². The van der Waals surface area contributed by atoms with Crippen LogP contribution in [0.1, 0.15) is 29.9 Å². The van der Waals surface area contributed by atoms with Gasteiger partial charge in [-0.3, -0.25) is 4.79 Å². The minimum atomic E-state index is -0.155. The van der Waals surface area contributed by atoms with E-state index in [0.29, 0.717) is 40.1 Å². The van der Waals surface area contributed by atoms with E-state index >= 15 is 0 Å². The molecule has 0 atom stereocenters. The molecule has 0 aliphatic heterocycles. The first-order chi connectivity index (χ1) is 13.9. The monoisotopic (exact) mass is 414 g/mol. The van der Waals surface area contributed by atoms with Crippen LogP contribution in [0.25, 0.3) is 11.3 Å². The zero-order valence-electron chi connectivity index (χ0n) is 16.8. The Kier molecular flexibility index (Phi) is 6.44. The van der Waals surface area contributed by atoms with Crippen LogP contribution in [0.15, 0.2) is 53.1 Å². The van der Waals surface area contributed by atoms with Crippen molar-refractivity contribution in [3.8, 4) is 22.8 Å². The number of methoxy groups -OCH3 is 2. The molecule has 0 fully saturated rings. The van der Waals surface area contributed by atoms with Gasteiger partial charge in [0, 0.05) is 18.2 Å². The summed E-state index contributed by atoms with van der Waals surface area (Å²) in [6.45, 7) is 4.19. The predicted molar refractivity (Wildman–Crippen MR) is 112 cm³/mol. The number of nitrogens with zero attached hydrogens (tertiary/aromatic N) is 2. The Bertz CT molecular complexity index is 1000. The van der Waals surface area contributed by atoms with Crippen molar-refractivity contribution < 1.29 is 18.8 Å². The molecular weight excluding hydrogens is 392 g/mol. The van der Waals surface area contributed by atoms with Gasteiger partial charge in [-0.05, 0) is 38.1 Å². The summed E-state index contributed by atoms with van der Waals surface area (Å²) in [7, 11) is 3.18. The van der Waals surface area contributed by atoms with Gasteiger partial charge in [0.25, 0.3) is 5.91 Å². The van der Waals surface area contributed by atoms with Crippen LogP contribution in [0.4, 0.5) is 0 Å². The minimum absolute atomic E-state index is 0.0468. The topological polar surface area (TPSA) is 64.8 Å². The van der Waals surface area contributed by atoms with Crippen LogP contribution in [-0.2, 0) is 6.54 Å². The molecule has 29 heavy (non-hydrogen) atoms. The first kappa shape index (κ1) is 20.7. The minimum Gasteiger partial charge on any atom is -0.497 e. The Morgan fingerprint density at radius 1 is 1.14 bits per heavy atom. The number of carbonyl (C=O) groups excluding carboxylic acids is 1. The van der Waals surface area contributed by atoms with Crippen LogP contribution < -0.4 is 9.47 Å². The molecule has 1 aromatic heterocycles. The van der Waals surface area contributed by atoms with Gasteiger partial charge < -0.3 is 18.9 Å². The second-order valence-electron chi connectivity index (χ2n) is 6.76. The quantitative estimate of drug-likeness (QED) is 0.540. The number of amides is 1. The lowest BCUT2D eigenvalue weighted by molar-refractivity contribution is 0.0686. The van der Waals surface area contributed by atoms with Gasteiger partial charge in [-0.25, -0.2) is 0 Å². The Labute approximate surface area is 175 Å². The van der Waals surface area contributed by atoms with Gasteiger partial charge in [0.2, 0.25) is 0 Å². The second kappa shape index (κ2) is 9.01. The highest BCUT2D eigenvalue weighted by Gasteiger charge is 2.23. The maximum absolute atomic E-state index is 13.0. The Balaban J connectivity index is 1.86. The predicted octanol–water partition coefficient (Wildman–Crippen LogP) is 5.06. The molecule has 3 rings (SSSR count). The van der Waals surface area contributed by atoms with Crippen molar-refractivity contribution in [2.24, 2.45) is 0 Å². The molecule has 0 saturated heterocycles. The van der Waals surface area contributed by atoms with E-state index in [1.54, 1.807) is 55.5 Å². The lowest BCUT2D eigenvalue weighted by atomic mass is 10.1. The molecule has 1 heterocycles. The van der Waals surface area contributed by atoms with Gasteiger partial charge in [-0.15, -0.1) is 0 Å². The zero-order chi connectivity index (χ0) is 21.0. The molecule has 0 aliphatic carbocycles. The van der Waals surface area contributed by atoms with E-state index in [0.717, 1.165) is 5.56 Å². The average molecular weight is 415 g/mol. The van der Waals surface area contributed by atoms with Gasteiger partial charge in [-0.1, -0.05) is 28.9 Å². The maximum Gasteiger partial charge on any atom is 0.255 e. The van der Waals surface area contributed by atoms with E-state index in [4.69, 9.17) is 25.6 Å².